The summed E-state index contributed by atoms with van der Waals surface area (Å²) in [5, 5.41) is 3.32. The number of nitrogens with two attached hydrogens (primary N) is 1. The van der Waals surface area contributed by atoms with E-state index in [-0.39, 0.29) is 30.0 Å². The van der Waals surface area contributed by atoms with E-state index in [0.29, 0.717) is 18.5 Å². The summed E-state index contributed by atoms with van der Waals surface area (Å²) in [5.74, 6) is 2.40. The first-order chi connectivity index (χ1) is 12.7. The van der Waals surface area contributed by atoms with Crippen LogP contribution >= 0.6 is 24.0 Å². The topological polar surface area (TPSA) is 79.3 Å². The average Bonchev–Trinajstić information content (AvgIpc) is 3.29. The van der Waals surface area contributed by atoms with E-state index in [9.17, 15) is 0 Å². The third-order valence-electron chi connectivity index (χ3n) is 5.43. The quantitative estimate of drug-likeness (QED) is 0.345. The zero-order valence-electron chi connectivity index (χ0n) is 16.5. The predicted octanol–water partition coefficient (Wildman–Crippen LogP) is 1.97. The zero-order chi connectivity index (χ0) is 18.4. The van der Waals surface area contributed by atoms with E-state index in [4.69, 9.17) is 14.9 Å². The van der Waals surface area contributed by atoms with E-state index in [0.717, 1.165) is 50.9 Å². The van der Waals surface area contributed by atoms with Gasteiger partial charge in [0, 0.05) is 25.7 Å². The van der Waals surface area contributed by atoms with Gasteiger partial charge in [-0.05, 0) is 45.0 Å². The number of hydrogen-bond donors (Lipinski definition) is 2. The van der Waals surface area contributed by atoms with Crippen molar-refractivity contribution in [2.24, 2.45) is 10.7 Å². The van der Waals surface area contributed by atoms with Gasteiger partial charge in [-0.2, -0.15) is 0 Å². The van der Waals surface area contributed by atoms with Crippen LogP contribution in [0.2, 0.25) is 0 Å². The second-order valence-electron chi connectivity index (χ2n) is 7.14. The Bertz CT molecular complexity index is 588. The lowest BCUT2D eigenvalue weighted by molar-refractivity contribution is 0.0135. The number of aliphatic imine (C=N–C) groups is 1. The average molecular weight is 491 g/mol. The minimum absolute atomic E-state index is 0. The standard InChI is InChI=1S/C19H33N5O2.HI/c1-3-23-8-4-5-16(23)13-21-19(20)22-14-17(18-7-6-15(2)26-18)24-9-11-25-12-10-24;/h6-7,16-17H,3-5,8-14H2,1-2H3,(H3,20,21,22);1H. The van der Waals surface area contributed by atoms with E-state index in [1.54, 1.807) is 0 Å². The monoisotopic (exact) mass is 491 g/mol. The van der Waals surface area contributed by atoms with Crippen LogP contribution in [-0.4, -0.2) is 74.3 Å². The van der Waals surface area contributed by atoms with Gasteiger partial charge in [0.1, 0.15) is 11.5 Å². The number of likely N-dealkylation sites (tertiary alicyclic amines) is 1. The molecule has 2 atom stereocenters. The maximum atomic E-state index is 6.15. The fraction of sp³-hybridized carbons (Fsp3) is 0.737. The molecular weight excluding hydrogens is 457 g/mol. The Morgan fingerprint density at radius 1 is 1.33 bits per heavy atom. The SMILES string of the molecule is CCN1CCCC1CNC(N)=NCC(c1ccc(C)o1)N1CCOCC1.I. The number of morpholine rings is 1. The molecule has 0 saturated carbocycles. The summed E-state index contributed by atoms with van der Waals surface area (Å²) in [6, 6.07) is 4.72. The maximum absolute atomic E-state index is 6.15. The van der Waals surface area contributed by atoms with Crippen molar-refractivity contribution in [1.82, 2.24) is 15.1 Å². The van der Waals surface area contributed by atoms with Crippen LogP contribution < -0.4 is 11.1 Å². The normalized spacial score (nSPS) is 23.2. The van der Waals surface area contributed by atoms with Crippen LogP contribution in [0.4, 0.5) is 0 Å². The molecule has 0 spiro atoms. The van der Waals surface area contributed by atoms with Crippen molar-refractivity contribution in [1.29, 1.82) is 0 Å². The van der Waals surface area contributed by atoms with Crippen LogP contribution in [0.25, 0.3) is 0 Å². The highest BCUT2D eigenvalue weighted by Crippen LogP contribution is 2.24. The van der Waals surface area contributed by atoms with Crippen LogP contribution in [0.5, 0.6) is 0 Å². The number of hydrogen-bond acceptors (Lipinski definition) is 5. The molecule has 27 heavy (non-hydrogen) atoms. The number of nitrogens with one attached hydrogen (secondary N) is 1. The number of likely N-dealkylation sites (N-methyl/N-ethyl adjacent to an activating group) is 1. The smallest absolute Gasteiger partial charge is 0.188 e. The zero-order valence-corrected chi connectivity index (χ0v) is 18.9. The second kappa shape index (κ2) is 11.2. The molecule has 8 heteroatoms. The first kappa shape index (κ1) is 22.4. The number of aryl methyl sites for hydroxylation is 1. The first-order valence-corrected chi connectivity index (χ1v) is 9.83. The number of halogens is 1. The van der Waals surface area contributed by atoms with Gasteiger partial charge < -0.3 is 20.2 Å². The Morgan fingerprint density at radius 2 is 2.11 bits per heavy atom. The predicted molar refractivity (Wildman–Crippen MR) is 119 cm³/mol. The van der Waals surface area contributed by atoms with Gasteiger partial charge >= 0.3 is 0 Å². The van der Waals surface area contributed by atoms with E-state index < -0.39 is 0 Å². The summed E-state index contributed by atoms with van der Waals surface area (Å²) in [6.45, 7) is 11.2. The van der Waals surface area contributed by atoms with Crippen molar-refractivity contribution in [2.75, 3.05) is 52.5 Å². The van der Waals surface area contributed by atoms with E-state index in [1.807, 2.05) is 19.1 Å². The molecule has 3 heterocycles. The number of rotatable bonds is 7. The Hall–Kier alpha value is -0.840. The number of ether oxygens (including phenoxy) is 1. The molecule has 154 valence electrons. The number of guanidine groups is 1. The van der Waals surface area contributed by atoms with Gasteiger partial charge in [0.2, 0.25) is 0 Å². The van der Waals surface area contributed by atoms with E-state index in [2.05, 4.69) is 27.0 Å². The summed E-state index contributed by atoms with van der Waals surface area (Å²) in [7, 11) is 0. The minimum Gasteiger partial charge on any atom is -0.465 e. The van der Waals surface area contributed by atoms with Gasteiger partial charge in [-0.3, -0.25) is 14.8 Å². The highest BCUT2D eigenvalue weighted by molar-refractivity contribution is 14.0. The van der Waals surface area contributed by atoms with Gasteiger partial charge in [-0.1, -0.05) is 6.92 Å². The van der Waals surface area contributed by atoms with Gasteiger partial charge in [0.25, 0.3) is 0 Å². The Kier molecular flexibility index (Phi) is 9.34. The Labute approximate surface area is 179 Å². The summed E-state index contributed by atoms with van der Waals surface area (Å²) < 4.78 is 11.4. The Balaban J connectivity index is 0.00000261. The molecule has 0 aliphatic carbocycles. The molecule has 3 rings (SSSR count). The van der Waals surface area contributed by atoms with Crippen molar-refractivity contribution >= 4 is 29.9 Å². The molecule has 2 aliphatic heterocycles. The summed E-state index contributed by atoms with van der Waals surface area (Å²) in [4.78, 5) is 9.49. The molecule has 2 saturated heterocycles. The second-order valence-corrected chi connectivity index (χ2v) is 7.14. The molecule has 2 aliphatic rings. The first-order valence-electron chi connectivity index (χ1n) is 9.83. The molecular formula is C19H34IN5O2. The number of nitrogens with zero attached hydrogens (tertiary/aromatic N) is 3. The van der Waals surface area contributed by atoms with Gasteiger partial charge in [-0.25, -0.2) is 0 Å². The van der Waals surface area contributed by atoms with Crippen molar-refractivity contribution in [3.63, 3.8) is 0 Å². The van der Waals surface area contributed by atoms with Crippen LogP contribution in [0.1, 0.15) is 37.3 Å². The van der Waals surface area contributed by atoms with Gasteiger partial charge in [0.05, 0.1) is 25.8 Å². The van der Waals surface area contributed by atoms with E-state index in [1.165, 1.54) is 19.4 Å². The minimum atomic E-state index is 0. The van der Waals surface area contributed by atoms with Crippen molar-refractivity contribution in [3.8, 4) is 0 Å². The van der Waals surface area contributed by atoms with Gasteiger partial charge in [0.15, 0.2) is 5.96 Å². The van der Waals surface area contributed by atoms with Crippen molar-refractivity contribution in [2.45, 2.75) is 38.8 Å². The molecule has 2 fully saturated rings. The lowest BCUT2D eigenvalue weighted by Crippen LogP contribution is -2.43. The molecule has 0 radical (unpaired) electrons. The third kappa shape index (κ3) is 6.33. The lowest BCUT2D eigenvalue weighted by atomic mass is 10.1. The highest BCUT2D eigenvalue weighted by atomic mass is 127. The highest BCUT2D eigenvalue weighted by Gasteiger charge is 2.25. The molecule has 0 amide bonds. The summed E-state index contributed by atoms with van der Waals surface area (Å²) in [6.07, 6.45) is 2.50. The lowest BCUT2D eigenvalue weighted by Gasteiger charge is -2.32. The van der Waals surface area contributed by atoms with Crippen molar-refractivity contribution < 1.29 is 9.15 Å². The van der Waals surface area contributed by atoms with Crippen molar-refractivity contribution in [3.05, 3.63) is 23.7 Å². The van der Waals surface area contributed by atoms with Crippen LogP contribution in [0.15, 0.2) is 21.5 Å². The summed E-state index contributed by atoms with van der Waals surface area (Å²) in [5.41, 5.74) is 6.15. The molecule has 3 N–H and O–H groups in total. The molecule has 0 aromatic carbocycles. The molecule has 7 nitrogen and oxygen atoms in total. The third-order valence-corrected chi connectivity index (χ3v) is 5.43. The molecule has 2 unspecified atom stereocenters. The largest absolute Gasteiger partial charge is 0.465 e. The van der Waals surface area contributed by atoms with Crippen LogP contribution in [0, 0.1) is 6.92 Å². The van der Waals surface area contributed by atoms with Gasteiger partial charge in [-0.15, -0.1) is 24.0 Å². The fourth-order valence-electron chi connectivity index (χ4n) is 3.91. The van der Waals surface area contributed by atoms with E-state index >= 15 is 0 Å². The number of furan rings is 1. The molecule has 1 aromatic rings. The fourth-order valence-corrected chi connectivity index (χ4v) is 3.91. The molecule has 0 bridgehead atoms. The maximum Gasteiger partial charge on any atom is 0.188 e. The summed E-state index contributed by atoms with van der Waals surface area (Å²) >= 11 is 0. The van der Waals surface area contributed by atoms with Crippen LogP contribution in [0.3, 0.4) is 0 Å². The van der Waals surface area contributed by atoms with Crippen LogP contribution in [-0.2, 0) is 4.74 Å². The Morgan fingerprint density at radius 3 is 2.78 bits per heavy atom. The molecule has 1 aromatic heterocycles.